The molecule has 2 saturated heterocycles. The number of hydrogen-bond donors (Lipinski definition) is 1. The number of aliphatic hydroxyl groups is 1. The highest BCUT2D eigenvalue weighted by Gasteiger charge is 2.46. The monoisotopic (exact) mass is 358 g/mol. The van der Waals surface area contributed by atoms with E-state index in [4.69, 9.17) is 9.47 Å². The molecule has 0 spiro atoms. The first-order valence-electron chi connectivity index (χ1n) is 8.65. The van der Waals surface area contributed by atoms with Gasteiger partial charge in [0.05, 0.1) is 31.4 Å². The first kappa shape index (κ1) is 17.1. The van der Waals surface area contributed by atoms with Crippen LogP contribution < -0.4 is 0 Å². The summed E-state index contributed by atoms with van der Waals surface area (Å²) in [5.41, 5.74) is 0.945. The molecule has 26 heavy (non-hydrogen) atoms. The molecular weight excluding hydrogens is 336 g/mol. The molecule has 0 saturated carbocycles. The molecule has 138 valence electrons. The smallest absolute Gasteiger partial charge is 0.276 e. The second-order valence-corrected chi connectivity index (χ2v) is 6.93. The number of methoxy groups -OCH3 is 1. The predicted octanol–water partition coefficient (Wildman–Crippen LogP) is 0.250. The SMILES string of the molecule is CO[C@@H]1COC[C@H]1n1cc(C(=O)N2CC(CO)(c3ccccc3)C2)nn1. The van der Waals surface area contributed by atoms with Gasteiger partial charge >= 0.3 is 0 Å². The molecule has 8 nitrogen and oxygen atoms in total. The molecule has 0 bridgehead atoms. The van der Waals surface area contributed by atoms with Crippen molar-refractivity contribution in [2.45, 2.75) is 17.6 Å². The number of carbonyl (C=O) groups excluding carboxylic acids is 1. The van der Waals surface area contributed by atoms with Gasteiger partial charge in [0, 0.05) is 20.2 Å². The van der Waals surface area contributed by atoms with E-state index in [-0.39, 0.29) is 24.7 Å². The second kappa shape index (κ2) is 6.79. The van der Waals surface area contributed by atoms with E-state index in [1.165, 1.54) is 0 Å². The lowest BCUT2D eigenvalue weighted by Gasteiger charge is -2.49. The molecule has 0 unspecified atom stereocenters. The van der Waals surface area contributed by atoms with E-state index in [1.807, 2.05) is 30.3 Å². The molecule has 3 heterocycles. The Morgan fingerprint density at radius 1 is 1.35 bits per heavy atom. The molecule has 2 aliphatic rings. The Morgan fingerprint density at radius 2 is 2.12 bits per heavy atom. The lowest BCUT2D eigenvalue weighted by molar-refractivity contribution is 0.0174. The Morgan fingerprint density at radius 3 is 2.81 bits per heavy atom. The Bertz CT molecular complexity index is 773. The van der Waals surface area contributed by atoms with Gasteiger partial charge in [-0.1, -0.05) is 35.5 Å². The number of benzene rings is 1. The second-order valence-electron chi connectivity index (χ2n) is 6.93. The summed E-state index contributed by atoms with van der Waals surface area (Å²) in [5, 5.41) is 18.0. The molecule has 1 amide bonds. The van der Waals surface area contributed by atoms with Gasteiger partial charge in [0.1, 0.15) is 12.1 Å². The van der Waals surface area contributed by atoms with E-state index in [1.54, 1.807) is 22.9 Å². The average Bonchev–Trinajstić information content (AvgIpc) is 3.31. The number of hydrogen-bond acceptors (Lipinski definition) is 6. The minimum absolute atomic E-state index is 0.00240. The van der Waals surface area contributed by atoms with E-state index in [0.717, 1.165) is 5.56 Å². The summed E-state index contributed by atoms with van der Waals surface area (Å²) in [6.45, 7) is 1.93. The minimum Gasteiger partial charge on any atom is -0.395 e. The summed E-state index contributed by atoms with van der Waals surface area (Å²) in [6, 6.07) is 9.72. The summed E-state index contributed by atoms with van der Waals surface area (Å²) in [4.78, 5) is 14.4. The molecule has 0 aliphatic carbocycles. The van der Waals surface area contributed by atoms with Gasteiger partial charge in [-0.25, -0.2) is 4.68 Å². The zero-order valence-electron chi connectivity index (χ0n) is 14.6. The number of ether oxygens (including phenoxy) is 2. The molecule has 2 atom stereocenters. The van der Waals surface area contributed by atoms with Crippen LogP contribution in [0.3, 0.4) is 0 Å². The summed E-state index contributed by atoms with van der Waals surface area (Å²) < 4.78 is 12.4. The third kappa shape index (κ3) is 2.80. The number of rotatable bonds is 5. The minimum atomic E-state index is -0.395. The van der Waals surface area contributed by atoms with Crippen molar-refractivity contribution in [1.82, 2.24) is 19.9 Å². The van der Waals surface area contributed by atoms with Crippen molar-refractivity contribution in [2.75, 3.05) is 40.0 Å². The largest absolute Gasteiger partial charge is 0.395 e. The number of aromatic nitrogens is 3. The zero-order valence-corrected chi connectivity index (χ0v) is 14.6. The van der Waals surface area contributed by atoms with Crippen molar-refractivity contribution in [1.29, 1.82) is 0 Å². The standard InChI is InChI=1S/C18H22N4O4/c1-25-16-9-26-8-15(16)22-7-14(19-20-22)17(24)21-10-18(11-21,12-23)13-5-3-2-4-6-13/h2-7,15-16,23H,8-12H2,1H3/t15-,16-/m1/s1. The van der Waals surface area contributed by atoms with Crippen LogP contribution in [-0.4, -0.2) is 77.0 Å². The van der Waals surface area contributed by atoms with Crippen molar-refractivity contribution < 1.29 is 19.4 Å². The van der Waals surface area contributed by atoms with Crippen molar-refractivity contribution >= 4 is 5.91 Å². The van der Waals surface area contributed by atoms with E-state index in [0.29, 0.717) is 32.0 Å². The first-order chi connectivity index (χ1) is 12.7. The molecule has 2 aliphatic heterocycles. The summed E-state index contributed by atoms with van der Waals surface area (Å²) >= 11 is 0. The normalized spacial score (nSPS) is 24.5. The molecule has 1 aromatic carbocycles. The quantitative estimate of drug-likeness (QED) is 0.824. The van der Waals surface area contributed by atoms with Gasteiger partial charge in [-0.2, -0.15) is 0 Å². The van der Waals surface area contributed by atoms with Crippen LogP contribution in [0.5, 0.6) is 0 Å². The number of nitrogens with zero attached hydrogens (tertiary/aromatic N) is 4. The lowest BCUT2D eigenvalue weighted by Crippen LogP contribution is -2.63. The molecule has 1 N–H and O–H groups in total. The maximum absolute atomic E-state index is 12.7. The van der Waals surface area contributed by atoms with Crippen LogP contribution in [0.15, 0.2) is 36.5 Å². The summed E-state index contributed by atoms with van der Waals surface area (Å²) in [7, 11) is 1.63. The topological polar surface area (TPSA) is 89.7 Å². The zero-order chi connectivity index (χ0) is 18.1. The van der Waals surface area contributed by atoms with Gasteiger partial charge in [0.15, 0.2) is 5.69 Å². The van der Waals surface area contributed by atoms with Crippen molar-refractivity contribution in [3.8, 4) is 0 Å². The van der Waals surface area contributed by atoms with Crippen molar-refractivity contribution in [2.24, 2.45) is 0 Å². The van der Waals surface area contributed by atoms with E-state index in [2.05, 4.69) is 10.3 Å². The van der Waals surface area contributed by atoms with Gasteiger partial charge in [0.2, 0.25) is 0 Å². The van der Waals surface area contributed by atoms with Crippen LogP contribution in [0, 0.1) is 0 Å². The predicted molar refractivity (Wildman–Crippen MR) is 91.8 cm³/mol. The maximum Gasteiger partial charge on any atom is 0.276 e. The van der Waals surface area contributed by atoms with Gasteiger partial charge in [0.25, 0.3) is 5.91 Å². The fraction of sp³-hybridized carbons (Fsp3) is 0.500. The van der Waals surface area contributed by atoms with E-state index in [9.17, 15) is 9.90 Å². The number of likely N-dealkylation sites (tertiary alicyclic amines) is 1. The summed E-state index contributed by atoms with van der Waals surface area (Å²) in [5.74, 6) is -0.177. The Labute approximate surface area is 151 Å². The van der Waals surface area contributed by atoms with Gasteiger partial charge < -0.3 is 19.5 Å². The van der Waals surface area contributed by atoms with E-state index >= 15 is 0 Å². The third-order valence-electron chi connectivity index (χ3n) is 5.33. The Hall–Kier alpha value is -2.29. The van der Waals surface area contributed by atoms with Gasteiger partial charge in [-0.15, -0.1) is 5.10 Å². The highest BCUT2D eigenvalue weighted by atomic mass is 16.5. The highest BCUT2D eigenvalue weighted by molar-refractivity contribution is 5.92. The first-order valence-corrected chi connectivity index (χ1v) is 8.65. The maximum atomic E-state index is 12.7. The van der Waals surface area contributed by atoms with Crippen molar-refractivity contribution in [3.05, 3.63) is 47.8 Å². The number of amides is 1. The Kier molecular flexibility index (Phi) is 4.47. The third-order valence-corrected chi connectivity index (χ3v) is 5.33. The number of aliphatic hydroxyl groups excluding tert-OH is 1. The molecule has 2 fully saturated rings. The van der Waals surface area contributed by atoms with Crippen LogP contribution in [0.25, 0.3) is 0 Å². The van der Waals surface area contributed by atoms with Crippen LogP contribution in [0.2, 0.25) is 0 Å². The molecular formula is C18H22N4O4. The van der Waals surface area contributed by atoms with E-state index < -0.39 is 5.41 Å². The van der Waals surface area contributed by atoms with Gasteiger partial charge in [-0.3, -0.25) is 4.79 Å². The summed E-state index contributed by atoms with van der Waals surface area (Å²) in [6.07, 6.45) is 1.55. The fourth-order valence-corrected chi connectivity index (χ4v) is 3.69. The molecule has 0 radical (unpaired) electrons. The van der Waals surface area contributed by atoms with Crippen LogP contribution in [0.4, 0.5) is 0 Å². The van der Waals surface area contributed by atoms with Crippen LogP contribution in [-0.2, 0) is 14.9 Å². The highest BCUT2D eigenvalue weighted by Crippen LogP contribution is 2.35. The molecule has 8 heteroatoms. The number of carbonyl (C=O) groups is 1. The Balaban J connectivity index is 1.45. The lowest BCUT2D eigenvalue weighted by atomic mass is 9.74. The average molecular weight is 358 g/mol. The van der Waals surface area contributed by atoms with Crippen LogP contribution in [0.1, 0.15) is 22.1 Å². The van der Waals surface area contributed by atoms with Gasteiger partial charge in [-0.05, 0) is 5.56 Å². The molecule has 1 aromatic heterocycles. The molecule has 2 aromatic rings. The van der Waals surface area contributed by atoms with Crippen molar-refractivity contribution in [3.63, 3.8) is 0 Å². The fourth-order valence-electron chi connectivity index (χ4n) is 3.69. The molecule has 4 rings (SSSR count). The van der Waals surface area contributed by atoms with Crippen LogP contribution >= 0.6 is 0 Å².